The van der Waals surface area contributed by atoms with Crippen LogP contribution in [0, 0.1) is 0 Å². The van der Waals surface area contributed by atoms with Crippen LogP contribution in [0.3, 0.4) is 0 Å². The van der Waals surface area contributed by atoms with Gasteiger partial charge < -0.3 is 30.8 Å². The van der Waals surface area contributed by atoms with E-state index >= 15 is 0 Å². The Labute approximate surface area is 235 Å². The molecule has 5 N–H and O–H groups in total. The van der Waals surface area contributed by atoms with Gasteiger partial charge in [-0.3, -0.25) is 4.90 Å². The smallest absolute Gasteiger partial charge is 0.490 e. The van der Waals surface area contributed by atoms with E-state index in [2.05, 4.69) is 55.2 Å². The summed E-state index contributed by atoms with van der Waals surface area (Å²) in [5.74, 6) is -0.883. The molecule has 1 aliphatic rings. The van der Waals surface area contributed by atoms with Gasteiger partial charge in [-0.15, -0.1) is 0 Å². The van der Waals surface area contributed by atoms with Crippen molar-refractivity contribution in [3.63, 3.8) is 0 Å². The van der Waals surface area contributed by atoms with Crippen molar-refractivity contribution in [3.05, 3.63) is 41.6 Å². The topological polar surface area (TPSA) is 131 Å². The molecule has 0 aliphatic carbocycles. The summed E-state index contributed by atoms with van der Waals surface area (Å²) >= 11 is 0. The first-order chi connectivity index (χ1) is 19.5. The number of unbranched alkanes of at least 4 members (excludes halogenated alkanes) is 2. The van der Waals surface area contributed by atoms with Crippen LogP contribution in [0.25, 0.3) is 11.0 Å². The number of aliphatic carboxylic acids is 1. The predicted molar refractivity (Wildman–Crippen MR) is 149 cm³/mol. The lowest BCUT2D eigenvalue weighted by molar-refractivity contribution is -0.192. The molecule has 1 aromatic carbocycles. The van der Waals surface area contributed by atoms with Crippen molar-refractivity contribution < 1.29 is 32.2 Å². The molecule has 0 radical (unpaired) electrons. The fraction of sp³-hybridized carbons (Fsp3) is 0.519. The van der Waals surface area contributed by atoms with E-state index in [4.69, 9.17) is 20.4 Å². The number of nitrogens with one attached hydrogen (secondary N) is 2. The number of ether oxygens (including phenoxy) is 1. The van der Waals surface area contributed by atoms with Crippen LogP contribution in [-0.2, 0) is 17.9 Å². The molecule has 3 heterocycles. The van der Waals surface area contributed by atoms with Gasteiger partial charge in [-0.1, -0.05) is 31.9 Å². The first-order valence-electron chi connectivity index (χ1n) is 13.4. The standard InChI is InChI=1S/C25H36FN7O.C2HF3O2/c1-3-4-5-9-29-24-23-21(30-25(27)31-24)8-11-33(23)16-19-7-6-18(13-22(19)34-2)15-32-12-10-28-20(14-26)17-32;3-2(4,5)1(6)7/h6-8,11,13,20,28H,3-5,9-10,12,14-17H2,1-2H3,(H3,27,29,30,31);(H,6,7)/t20-;/m0./s1. The number of nitrogen functional groups attached to an aromatic ring is 1. The lowest BCUT2D eigenvalue weighted by atomic mass is 10.1. The summed E-state index contributed by atoms with van der Waals surface area (Å²) in [7, 11) is 1.70. The summed E-state index contributed by atoms with van der Waals surface area (Å²) < 4.78 is 52.7. The highest BCUT2D eigenvalue weighted by molar-refractivity contribution is 5.87. The molecule has 0 bridgehead atoms. The minimum atomic E-state index is -5.08. The molecular formula is C27H37F4N7O3. The fourth-order valence-corrected chi connectivity index (χ4v) is 4.56. The average Bonchev–Trinajstić information content (AvgIpc) is 3.34. The number of hydrogen-bond acceptors (Lipinski definition) is 8. The van der Waals surface area contributed by atoms with Gasteiger partial charge in [0.25, 0.3) is 0 Å². The SMILES string of the molecule is CCCCCNc1nc(N)nc2ccn(Cc3ccc(CN4CCN[C@@H](CF)C4)cc3OC)c12.O=C(O)C(F)(F)F. The molecule has 41 heavy (non-hydrogen) atoms. The van der Waals surface area contributed by atoms with Gasteiger partial charge in [-0.25, -0.2) is 14.2 Å². The summed E-state index contributed by atoms with van der Waals surface area (Å²) in [6.07, 6.45) is 0.349. The number of carboxylic acids is 1. The van der Waals surface area contributed by atoms with Crippen LogP contribution in [0.5, 0.6) is 5.75 Å². The third-order valence-corrected chi connectivity index (χ3v) is 6.57. The number of rotatable bonds is 11. The molecule has 1 atom stereocenters. The van der Waals surface area contributed by atoms with Gasteiger partial charge in [0.15, 0.2) is 5.82 Å². The zero-order chi connectivity index (χ0) is 30.0. The second kappa shape index (κ2) is 14.8. The average molecular weight is 584 g/mol. The van der Waals surface area contributed by atoms with Crippen LogP contribution in [0.2, 0.25) is 0 Å². The van der Waals surface area contributed by atoms with E-state index in [-0.39, 0.29) is 18.7 Å². The molecule has 0 amide bonds. The van der Waals surface area contributed by atoms with E-state index in [9.17, 15) is 17.6 Å². The second-order valence-electron chi connectivity index (χ2n) is 9.73. The number of nitrogens with zero attached hydrogens (tertiary/aromatic N) is 4. The van der Waals surface area contributed by atoms with E-state index in [0.29, 0.717) is 13.1 Å². The molecule has 226 valence electrons. The third-order valence-electron chi connectivity index (χ3n) is 6.57. The highest BCUT2D eigenvalue weighted by Gasteiger charge is 2.38. The van der Waals surface area contributed by atoms with Crippen molar-refractivity contribution >= 4 is 28.8 Å². The molecule has 14 heteroatoms. The predicted octanol–water partition coefficient (Wildman–Crippen LogP) is 4.05. The highest BCUT2D eigenvalue weighted by atomic mass is 19.4. The van der Waals surface area contributed by atoms with E-state index in [1.165, 1.54) is 12.8 Å². The number of halogens is 4. The van der Waals surface area contributed by atoms with Crippen LogP contribution in [0.1, 0.15) is 37.3 Å². The van der Waals surface area contributed by atoms with Crippen LogP contribution in [0.4, 0.5) is 29.3 Å². The Morgan fingerprint density at radius 1 is 1.24 bits per heavy atom. The van der Waals surface area contributed by atoms with Crippen LogP contribution < -0.4 is 21.1 Å². The van der Waals surface area contributed by atoms with Gasteiger partial charge in [0, 0.05) is 50.5 Å². The molecular weight excluding hydrogens is 546 g/mol. The van der Waals surface area contributed by atoms with Gasteiger partial charge in [-0.2, -0.15) is 18.2 Å². The van der Waals surface area contributed by atoms with Gasteiger partial charge >= 0.3 is 12.1 Å². The van der Waals surface area contributed by atoms with Crippen molar-refractivity contribution in [1.29, 1.82) is 0 Å². The van der Waals surface area contributed by atoms with E-state index < -0.39 is 12.1 Å². The Balaban J connectivity index is 0.000000587. The summed E-state index contributed by atoms with van der Waals surface area (Å²) in [6, 6.07) is 8.22. The summed E-state index contributed by atoms with van der Waals surface area (Å²) in [4.78, 5) is 20.1. The van der Waals surface area contributed by atoms with Crippen molar-refractivity contribution in [2.75, 3.05) is 51.0 Å². The summed E-state index contributed by atoms with van der Waals surface area (Å²) in [5.41, 5.74) is 9.94. The zero-order valence-corrected chi connectivity index (χ0v) is 23.2. The van der Waals surface area contributed by atoms with Crippen LogP contribution in [0.15, 0.2) is 30.5 Å². The Bertz CT molecular complexity index is 1290. The van der Waals surface area contributed by atoms with Crippen LogP contribution >= 0.6 is 0 Å². The molecule has 1 saturated heterocycles. The van der Waals surface area contributed by atoms with Crippen molar-refractivity contribution in [2.24, 2.45) is 0 Å². The molecule has 10 nitrogen and oxygen atoms in total. The Morgan fingerprint density at radius 2 is 2.00 bits per heavy atom. The van der Waals surface area contributed by atoms with Crippen LogP contribution in [-0.4, -0.2) is 82.7 Å². The second-order valence-corrected chi connectivity index (χ2v) is 9.73. The number of nitrogens with two attached hydrogens (primary N) is 1. The third kappa shape index (κ3) is 9.18. The molecule has 0 spiro atoms. The number of carboxylic acid groups (broad SMARTS) is 1. The van der Waals surface area contributed by atoms with E-state index in [1.54, 1.807) is 7.11 Å². The normalized spacial score (nSPS) is 15.8. The number of methoxy groups -OCH3 is 1. The number of fused-ring (bicyclic) bond motifs is 1. The molecule has 3 aromatic rings. The van der Waals surface area contributed by atoms with Crippen molar-refractivity contribution in [1.82, 2.24) is 24.8 Å². The quantitative estimate of drug-likeness (QED) is 0.195. The Morgan fingerprint density at radius 3 is 2.66 bits per heavy atom. The van der Waals surface area contributed by atoms with E-state index in [1.807, 2.05) is 12.3 Å². The lowest BCUT2D eigenvalue weighted by Crippen LogP contribution is -2.51. The first-order valence-corrected chi connectivity index (χ1v) is 13.4. The Hall–Kier alpha value is -3.65. The summed E-state index contributed by atoms with van der Waals surface area (Å²) in [6.45, 7) is 6.54. The first kappa shape index (κ1) is 31.9. The molecule has 4 rings (SSSR count). The number of anilines is 2. The van der Waals surface area contributed by atoms with Gasteiger partial charge in [0.05, 0.1) is 19.2 Å². The molecule has 1 fully saturated rings. The number of carbonyl (C=O) groups is 1. The maximum Gasteiger partial charge on any atom is 0.490 e. The largest absolute Gasteiger partial charge is 0.496 e. The van der Waals surface area contributed by atoms with Crippen molar-refractivity contribution in [3.8, 4) is 5.75 Å². The minimum absolute atomic E-state index is 0.0852. The fourth-order valence-electron chi connectivity index (χ4n) is 4.56. The van der Waals surface area contributed by atoms with Crippen molar-refractivity contribution in [2.45, 2.75) is 51.5 Å². The number of piperazine rings is 1. The molecule has 0 saturated carbocycles. The number of benzene rings is 1. The number of hydrogen-bond donors (Lipinski definition) is 4. The van der Waals surface area contributed by atoms with Gasteiger partial charge in [0.2, 0.25) is 5.95 Å². The van der Waals surface area contributed by atoms with Gasteiger partial charge in [-0.05, 0) is 24.1 Å². The lowest BCUT2D eigenvalue weighted by Gasteiger charge is -2.32. The maximum atomic E-state index is 13.1. The number of alkyl halides is 4. The minimum Gasteiger partial charge on any atom is -0.496 e. The zero-order valence-electron chi connectivity index (χ0n) is 23.2. The number of aromatic nitrogens is 3. The van der Waals surface area contributed by atoms with Gasteiger partial charge in [0.1, 0.15) is 17.9 Å². The van der Waals surface area contributed by atoms with E-state index in [0.717, 1.165) is 66.3 Å². The summed E-state index contributed by atoms with van der Waals surface area (Å²) in [5, 5.41) is 13.8. The molecule has 2 aromatic heterocycles. The highest BCUT2D eigenvalue weighted by Crippen LogP contribution is 2.27. The maximum absolute atomic E-state index is 13.1. The monoisotopic (exact) mass is 583 g/mol. The molecule has 1 aliphatic heterocycles. The Kier molecular flexibility index (Phi) is 11.5. The molecule has 0 unspecified atom stereocenters.